The van der Waals surface area contributed by atoms with Gasteiger partial charge in [-0.3, -0.25) is 9.05 Å². The first-order chi connectivity index (χ1) is 7.37. The lowest BCUT2D eigenvalue weighted by atomic mass is 10.5. The Kier molecular flexibility index (Phi) is 7.20. The van der Waals surface area contributed by atoms with Crippen LogP contribution in [0.2, 0.25) is 0 Å². The molecule has 7 nitrogen and oxygen atoms in total. The summed E-state index contributed by atoms with van der Waals surface area (Å²) in [6.07, 6.45) is 0.0883. The fraction of sp³-hybridized carbons (Fsp3) is 0.625. The van der Waals surface area contributed by atoms with Crippen LogP contribution in [-0.4, -0.2) is 41.9 Å². The molecule has 0 fully saturated rings. The molecule has 94 valence electrons. The van der Waals surface area contributed by atoms with Gasteiger partial charge in [0.25, 0.3) is 0 Å². The van der Waals surface area contributed by atoms with Gasteiger partial charge in [0.15, 0.2) is 0 Å². The van der Waals surface area contributed by atoms with Gasteiger partial charge >= 0.3 is 13.8 Å². The van der Waals surface area contributed by atoms with Gasteiger partial charge in [0.1, 0.15) is 6.61 Å². The number of ether oxygens (including phenoxy) is 1. The quantitative estimate of drug-likeness (QED) is 0.276. The van der Waals surface area contributed by atoms with Crippen molar-refractivity contribution < 1.29 is 33.1 Å². The highest BCUT2D eigenvalue weighted by Crippen LogP contribution is 2.42. The molecule has 0 rings (SSSR count). The highest BCUT2D eigenvalue weighted by Gasteiger charge is 2.21. The monoisotopic (exact) mass is 254 g/mol. The second kappa shape index (κ2) is 7.54. The smallest absolute Gasteiger partial charge is 0.460 e. The van der Waals surface area contributed by atoms with Gasteiger partial charge in [-0.15, -0.1) is 0 Å². The average Bonchev–Trinajstić information content (AvgIpc) is 2.21. The van der Waals surface area contributed by atoms with Crippen LogP contribution in [0.5, 0.6) is 0 Å². The number of carbonyl (C=O) groups excluding carboxylic acids is 1. The van der Waals surface area contributed by atoms with Crippen LogP contribution in [0.1, 0.15) is 6.92 Å². The minimum Gasteiger partial charge on any atom is -0.460 e. The highest BCUT2D eigenvalue weighted by atomic mass is 31.2. The molecule has 2 N–H and O–H groups in total. The third kappa shape index (κ3) is 8.58. The third-order valence-corrected chi connectivity index (χ3v) is 2.21. The Balaban J connectivity index is 3.69. The minimum atomic E-state index is -4.19. The van der Waals surface area contributed by atoms with Crippen molar-refractivity contribution in [3.63, 3.8) is 0 Å². The van der Waals surface area contributed by atoms with E-state index in [2.05, 4.69) is 20.4 Å². The molecule has 2 atom stereocenters. The number of esters is 1. The fourth-order valence-corrected chi connectivity index (χ4v) is 1.38. The number of aliphatic hydroxyl groups is 1. The van der Waals surface area contributed by atoms with Crippen LogP contribution in [0, 0.1) is 0 Å². The Morgan fingerprint density at radius 3 is 2.62 bits per heavy atom. The Bertz CT molecular complexity index is 276. The van der Waals surface area contributed by atoms with E-state index in [1.165, 1.54) is 6.92 Å². The normalized spacial score (nSPS) is 16.2. The van der Waals surface area contributed by atoms with E-state index in [4.69, 9.17) is 10.00 Å². The Hall–Kier alpha value is -0.720. The number of rotatable bonds is 8. The van der Waals surface area contributed by atoms with Crippen molar-refractivity contribution in [2.45, 2.75) is 13.0 Å². The van der Waals surface area contributed by atoms with Crippen molar-refractivity contribution in [2.24, 2.45) is 0 Å². The van der Waals surface area contributed by atoms with Crippen LogP contribution in [0.3, 0.4) is 0 Å². The fourth-order valence-electron chi connectivity index (χ4n) is 0.593. The van der Waals surface area contributed by atoms with E-state index in [-0.39, 0.29) is 19.8 Å². The Morgan fingerprint density at radius 1 is 1.50 bits per heavy atom. The Labute approximate surface area is 93.2 Å². The number of phosphoric ester groups is 1. The van der Waals surface area contributed by atoms with Crippen molar-refractivity contribution in [2.75, 3.05) is 19.8 Å². The molecule has 0 aromatic heterocycles. The minimum absolute atomic E-state index is 0.187. The number of carbonyl (C=O) groups is 1. The zero-order valence-electron chi connectivity index (χ0n) is 8.87. The van der Waals surface area contributed by atoms with Crippen LogP contribution in [0.4, 0.5) is 0 Å². The molecule has 16 heavy (non-hydrogen) atoms. The molecule has 0 heterocycles. The molecular formula is C8H15O7P. The topological polar surface area (TPSA) is 102 Å². The average molecular weight is 254 g/mol. The lowest BCUT2D eigenvalue weighted by molar-refractivity contribution is -0.138. The summed E-state index contributed by atoms with van der Waals surface area (Å²) in [5, 5.41) is 8.80. The van der Waals surface area contributed by atoms with E-state index in [1.54, 1.807) is 0 Å². The number of hydrogen-bond acceptors (Lipinski definition) is 6. The summed E-state index contributed by atoms with van der Waals surface area (Å²) in [7, 11) is -4.19. The maximum Gasteiger partial charge on any atom is 0.472 e. The molecular weight excluding hydrogens is 239 g/mol. The third-order valence-electron chi connectivity index (χ3n) is 1.23. The first-order valence-electron chi connectivity index (χ1n) is 4.46. The lowest BCUT2D eigenvalue weighted by Crippen LogP contribution is -2.12. The van der Waals surface area contributed by atoms with Crippen LogP contribution in [0.25, 0.3) is 0 Å². The largest absolute Gasteiger partial charge is 0.472 e. The molecule has 8 heteroatoms. The molecule has 0 radical (unpaired) electrons. The van der Waals surface area contributed by atoms with E-state index in [0.29, 0.717) is 0 Å². The standard InChI is InChI=1S/C8H15O7P/c1-3-8(10)13-4-5-14-16(11,12)15-6-7(2)9/h3,7,9H,1,4-6H2,2H3,(H,11,12). The molecule has 0 spiro atoms. The van der Waals surface area contributed by atoms with Crippen molar-refractivity contribution in [3.05, 3.63) is 12.7 Å². The van der Waals surface area contributed by atoms with Crippen molar-refractivity contribution >= 4 is 13.8 Å². The van der Waals surface area contributed by atoms with E-state index < -0.39 is 19.9 Å². The van der Waals surface area contributed by atoms with Crippen molar-refractivity contribution in [1.29, 1.82) is 0 Å². The summed E-state index contributed by atoms with van der Waals surface area (Å²) < 4.78 is 24.4. The highest BCUT2D eigenvalue weighted by molar-refractivity contribution is 7.47. The SMILES string of the molecule is C=CC(=O)OCCOP(=O)(O)OCC(C)O. The molecule has 0 amide bonds. The molecule has 0 saturated carbocycles. The van der Waals surface area contributed by atoms with E-state index in [0.717, 1.165) is 6.08 Å². The molecule has 0 aliphatic carbocycles. The van der Waals surface area contributed by atoms with E-state index in [1.807, 2.05) is 0 Å². The van der Waals surface area contributed by atoms with Gasteiger partial charge in [0.2, 0.25) is 0 Å². The number of hydrogen-bond donors (Lipinski definition) is 2. The summed E-state index contributed by atoms with van der Waals surface area (Å²) in [4.78, 5) is 19.6. The summed E-state index contributed by atoms with van der Waals surface area (Å²) >= 11 is 0. The van der Waals surface area contributed by atoms with Crippen molar-refractivity contribution in [3.8, 4) is 0 Å². The molecule has 0 aliphatic rings. The zero-order chi connectivity index (χ0) is 12.6. The first kappa shape index (κ1) is 15.3. The second-order valence-electron chi connectivity index (χ2n) is 2.82. The summed E-state index contributed by atoms with van der Waals surface area (Å²) in [5.41, 5.74) is 0. The molecule has 0 aromatic rings. The van der Waals surface area contributed by atoms with Gasteiger partial charge in [-0.25, -0.2) is 9.36 Å². The van der Waals surface area contributed by atoms with Gasteiger partial charge in [0.05, 0.1) is 19.3 Å². The lowest BCUT2D eigenvalue weighted by Gasteiger charge is -2.12. The van der Waals surface area contributed by atoms with Gasteiger partial charge in [0, 0.05) is 6.08 Å². The molecule has 2 unspecified atom stereocenters. The first-order valence-corrected chi connectivity index (χ1v) is 5.96. The molecule has 0 aromatic carbocycles. The van der Waals surface area contributed by atoms with Gasteiger partial charge in [-0.1, -0.05) is 6.58 Å². The van der Waals surface area contributed by atoms with Crippen LogP contribution in [-0.2, 0) is 23.1 Å². The second-order valence-corrected chi connectivity index (χ2v) is 4.27. The Morgan fingerprint density at radius 2 is 2.12 bits per heavy atom. The predicted octanol–water partition coefficient (Wildman–Crippen LogP) is 0.230. The van der Waals surface area contributed by atoms with Gasteiger partial charge < -0.3 is 14.7 Å². The van der Waals surface area contributed by atoms with Crippen LogP contribution >= 0.6 is 7.82 Å². The molecule has 0 saturated heterocycles. The maximum atomic E-state index is 11.1. The number of phosphoric acid groups is 1. The van der Waals surface area contributed by atoms with Gasteiger partial charge in [-0.2, -0.15) is 0 Å². The summed E-state index contributed by atoms with van der Waals surface area (Å²) in [6, 6.07) is 0. The summed E-state index contributed by atoms with van der Waals surface area (Å²) in [6.45, 7) is 3.77. The van der Waals surface area contributed by atoms with Gasteiger partial charge in [-0.05, 0) is 6.92 Å². The summed E-state index contributed by atoms with van der Waals surface area (Å²) in [5.74, 6) is -0.652. The van der Waals surface area contributed by atoms with Crippen LogP contribution in [0.15, 0.2) is 12.7 Å². The molecule has 0 aliphatic heterocycles. The number of aliphatic hydroxyl groups excluding tert-OH is 1. The maximum absolute atomic E-state index is 11.1. The van der Waals surface area contributed by atoms with Crippen LogP contribution < -0.4 is 0 Å². The zero-order valence-corrected chi connectivity index (χ0v) is 9.76. The van der Waals surface area contributed by atoms with Crippen molar-refractivity contribution in [1.82, 2.24) is 0 Å². The van der Waals surface area contributed by atoms with E-state index in [9.17, 15) is 9.36 Å². The molecule has 0 bridgehead atoms. The predicted molar refractivity (Wildman–Crippen MR) is 54.6 cm³/mol. The van der Waals surface area contributed by atoms with E-state index >= 15 is 0 Å².